The van der Waals surface area contributed by atoms with E-state index in [1.165, 1.54) is 0 Å². The number of nitrogens with zero attached hydrogens (tertiary/aromatic N) is 1. The molecule has 0 bridgehead atoms. The summed E-state index contributed by atoms with van der Waals surface area (Å²) < 4.78 is 0. The lowest BCUT2D eigenvalue weighted by atomic mass is 10.0. The molecular formula is C13H28N2O. The Kier molecular flexibility index (Phi) is 8.26. The molecule has 1 amide bonds. The van der Waals surface area contributed by atoms with Crippen LogP contribution in [0.15, 0.2) is 0 Å². The average Bonchev–Trinajstić information content (AvgIpc) is 2.30. The van der Waals surface area contributed by atoms with Crippen molar-refractivity contribution in [3.05, 3.63) is 0 Å². The molecular weight excluding hydrogens is 200 g/mol. The van der Waals surface area contributed by atoms with Crippen LogP contribution in [0.1, 0.15) is 53.4 Å². The summed E-state index contributed by atoms with van der Waals surface area (Å²) in [5, 5.41) is 0. The van der Waals surface area contributed by atoms with E-state index in [1.807, 2.05) is 18.7 Å². The Morgan fingerprint density at radius 2 is 1.69 bits per heavy atom. The Balaban J connectivity index is 4.20. The molecule has 0 aliphatic carbocycles. The van der Waals surface area contributed by atoms with Gasteiger partial charge in [-0.25, -0.2) is 0 Å². The van der Waals surface area contributed by atoms with E-state index in [9.17, 15) is 4.79 Å². The predicted octanol–water partition coefficient (Wildman–Crippen LogP) is 2.40. The zero-order valence-electron chi connectivity index (χ0n) is 11.3. The minimum Gasteiger partial charge on any atom is -0.343 e. The van der Waals surface area contributed by atoms with Crippen LogP contribution in [-0.2, 0) is 4.79 Å². The van der Waals surface area contributed by atoms with Crippen molar-refractivity contribution >= 4 is 5.91 Å². The van der Waals surface area contributed by atoms with Crippen molar-refractivity contribution in [3.63, 3.8) is 0 Å². The summed E-state index contributed by atoms with van der Waals surface area (Å²) in [6.45, 7) is 10.1. The highest BCUT2D eigenvalue weighted by Gasteiger charge is 2.17. The molecule has 0 fully saturated rings. The summed E-state index contributed by atoms with van der Waals surface area (Å²) in [7, 11) is 0. The summed E-state index contributed by atoms with van der Waals surface area (Å²) in [5.74, 6) is 0.838. The zero-order valence-corrected chi connectivity index (χ0v) is 11.3. The van der Waals surface area contributed by atoms with Crippen LogP contribution >= 0.6 is 0 Å². The molecule has 0 saturated heterocycles. The van der Waals surface area contributed by atoms with Crippen LogP contribution in [0, 0.1) is 5.92 Å². The molecule has 3 heteroatoms. The standard InChI is InChI=1S/C13H28N2O/c1-5-11(6-2)10-15(8-4)13(16)9-12(14)7-3/h11-12H,5-10,14H2,1-4H3. The molecule has 3 nitrogen and oxygen atoms in total. The fraction of sp³-hybridized carbons (Fsp3) is 0.923. The van der Waals surface area contributed by atoms with Crippen LogP contribution < -0.4 is 5.73 Å². The van der Waals surface area contributed by atoms with Crippen molar-refractivity contribution < 1.29 is 4.79 Å². The molecule has 16 heavy (non-hydrogen) atoms. The summed E-state index contributed by atoms with van der Waals surface area (Å²) in [6.07, 6.45) is 3.64. The summed E-state index contributed by atoms with van der Waals surface area (Å²) in [4.78, 5) is 13.9. The third kappa shape index (κ3) is 5.50. The molecule has 0 aliphatic heterocycles. The number of hydrogen-bond acceptors (Lipinski definition) is 2. The Morgan fingerprint density at radius 3 is 2.06 bits per heavy atom. The van der Waals surface area contributed by atoms with Gasteiger partial charge in [-0.2, -0.15) is 0 Å². The SMILES string of the molecule is CCC(N)CC(=O)N(CC)CC(CC)CC. The van der Waals surface area contributed by atoms with E-state index in [-0.39, 0.29) is 11.9 Å². The van der Waals surface area contributed by atoms with Crippen molar-refractivity contribution in [1.29, 1.82) is 0 Å². The maximum atomic E-state index is 12.0. The molecule has 1 atom stereocenters. The maximum Gasteiger partial charge on any atom is 0.224 e. The molecule has 0 rings (SSSR count). The van der Waals surface area contributed by atoms with Gasteiger partial charge in [-0.05, 0) is 19.3 Å². The molecule has 0 saturated carbocycles. The second-order valence-electron chi connectivity index (χ2n) is 4.49. The Hall–Kier alpha value is -0.570. The van der Waals surface area contributed by atoms with Gasteiger partial charge in [0, 0.05) is 25.6 Å². The number of hydrogen-bond donors (Lipinski definition) is 1. The minimum atomic E-state index is 0.0169. The van der Waals surface area contributed by atoms with Gasteiger partial charge in [0.05, 0.1) is 0 Å². The van der Waals surface area contributed by atoms with Gasteiger partial charge in [-0.3, -0.25) is 4.79 Å². The molecule has 0 aromatic heterocycles. The maximum absolute atomic E-state index is 12.0. The average molecular weight is 228 g/mol. The van der Waals surface area contributed by atoms with Gasteiger partial charge in [-0.15, -0.1) is 0 Å². The second-order valence-corrected chi connectivity index (χ2v) is 4.49. The van der Waals surface area contributed by atoms with Gasteiger partial charge in [0.2, 0.25) is 5.91 Å². The van der Waals surface area contributed by atoms with Gasteiger partial charge in [0.15, 0.2) is 0 Å². The van der Waals surface area contributed by atoms with Gasteiger partial charge in [0.1, 0.15) is 0 Å². The third-order valence-electron chi connectivity index (χ3n) is 3.33. The van der Waals surface area contributed by atoms with E-state index in [0.717, 1.165) is 32.4 Å². The first-order valence-electron chi connectivity index (χ1n) is 6.62. The number of carbonyl (C=O) groups excluding carboxylic acids is 1. The van der Waals surface area contributed by atoms with Crippen LogP contribution in [0.2, 0.25) is 0 Å². The van der Waals surface area contributed by atoms with Crippen LogP contribution in [0.5, 0.6) is 0 Å². The van der Waals surface area contributed by atoms with E-state index in [4.69, 9.17) is 5.73 Å². The molecule has 1 unspecified atom stereocenters. The summed E-state index contributed by atoms with van der Waals surface area (Å²) in [5.41, 5.74) is 5.81. The minimum absolute atomic E-state index is 0.0169. The molecule has 0 aromatic carbocycles. The molecule has 0 aromatic rings. The Morgan fingerprint density at radius 1 is 1.12 bits per heavy atom. The van der Waals surface area contributed by atoms with Crippen LogP contribution in [0.4, 0.5) is 0 Å². The van der Waals surface area contributed by atoms with Crippen molar-refractivity contribution in [2.24, 2.45) is 11.7 Å². The van der Waals surface area contributed by atoms with Gasteiger partial charge in [0.25, 0.3) is 0 Å². The topological polar surface area (TPSA) is 46.3 Å². The summed E-state index contributed by atoms with van der Waals surface area (Å²) in [6, 6.07) is 0.0169. The molecule has 0 spiro atoms. The summed E-state index contributed by atoms with van der Waals surface area (Å²) >= 11 is 0. The van der Waals surface area contributed by atoms with Crippen molar-refractivity contribution in [1.82, 2.24) is 4.90 Å². The largest absolute Gasteiger partial charge is 0.343 e. The lowest BCUT2D eigenvalue weighted by molar-refractivity contribution is -0.132. The number of carbonyl (C=O) groups is 1. The number of nitrogens with two attached hydrogens (primary N) is 1. The van der Waals surface area contributed by atoms with Crippen LogP contribution in [0.25, 0.3) is 0 Å². The molecule has 0 radical (unpaired) electrons. The van der Waals surface area contributed by atoms with Gasteiger partial charge < -0.3 is 10.6 Å². The predicted molar refractivity (Wildman–Crippen MR) is 69.2 cm³/mol. The van der Waals surface area contributed by atoms with Gasteiger partial charge in [-0.1, -0.05) is 33.6 Å². The first-order chi connectivity index (χ1) is 7.58. The van der Waals surface area contributed by atoms with E-state index >= 15 is 0 Å². The van der Waals surface area contributed by atoms with Crippen molar-refractivity contribution in [2.75, 3.05) is 13.1 Å². The van der Waals surface area contributed by atoms with Crippen LogP contribution in [-0.4, -0.2) is 29.9 Å². The fourth-order valence-corrected chi connectivity index (χ4v) is 1.76. The molecule has 0 aliphatic rings. The monoisotopic (exact) mass is 228 g/mol. The Bertz CT molecular complexity index is 190. The van der Waals surface area contributed by atoms with E-state index in [2.05, 4.69) is 13.8 Å². The second kappa shape index (κ2) is 8.57. The lowest BCUT2D eigenvalue weighted by Gasteiger charge is -2.26. The normalized spacial score (nSPS) is 12.9. The van der Waals surface area contributed by atoms with E-state index in [0.29, 0.717) is 12.3 Å². The molecule has 0 heterocycles. The first-order valence-corrected chi connectivity index (χ1v) is 6.62. The van der Waals surface area contributed by atoms with Crippen molar-refractivity contribution in [3.8, 4) is 0 Å². The smallest absolute Gasteiger partial charge is 0.224 e. The van der Waals surface area contributed by atoms with Crippen molar-refractivity contribution in [2.45, 2.75) is 59.4 Å². The fourth-order valence-electron chi connectivity index (χ4n) is 1.76. The van der Waals surface area contributed by atoms with Gasteiger partial charge >= 0.3 is 0 Å². The van der Waals surface area contributed by atoms with Crippen LogP contribution in [0.3, 0.4) is 0 Å². The molecule has 96 valence electrons. The highest BCUT2D eigenvalue weighted by Crippen LogP contribution is 2.11. The lowest BCUT2D eigenvalue weighted by Crippen LogP contribution is -2.38. The highest BCUT2D eigenvalue weighted by molar-refractivity contribution is 5.76. The first kappa shape index (κ1) is 15.4. The third-order valence-corrected chi connectivity index (χ3v) is 3.33. The molecule has 2 N–H and O–H groups in total. The Labute approximate surface area is 100 Å². The number of amides is 1. The zero-order chi connectivity index (χ0) is 12.6. The van der Waals surface area contributed by atoms with E-state index in [1.54, 1.807) is 0 Å². The van der Waals surface area contributed by atoms with E-state index < -0.39 is 0 Å². The highest BCUT2D eigenvalue weighted by atomic mass is 16.2. The quantitative estimate of drug-likeness (QED) is 0.693. The number of rotatable bonds is 8.